The van der Waals surface area contributed by atoms with Gasteiger partial charge in [0.15, 0.2) is 0 Å². The van der Waals surface area contributed by atoms with E-state index in [-0.39, 0.29) is 13.2 Å². The van der Waals surface area contributed by atoms with Crippen molar-refractivity contribution < 1.29 is 23.8 Å². The topological polar surface area (TPSA) is 135 Å². The van der Waals surface area contributed by atoms with Crippen molar-refractivity contribution in [1.29, 1.82) is 0 Å². The number of anilines is 3. The van der Waals surface area contributed by atoms with Crippen LogP contribution < -0.4 is 15.1 Å². The van der Waals surface area contributed by atoms with Crippen LogP contribution >= 0.6 is 11.8 Å². The van der Waals surface area contributed by atoms with Gasteiger partial charge in [-0.15, -0.1) is 5.10 Å². The van der Waals surface area contributed by atoms with Crippen LogP contribution in [0, 0.1) is 0 Å². The molecular weight excluding hydrogens is 570 g/mol. The summed E-state index contributed by atoms with van der Waals surface area (Å²) in [4.78, 5) is 38.9. The van der Waals surface area contributed by atoms with Gasteiger partial charge < -0.3 is 19.1 Å². The highest BCUT2D eigenvalue weighted by atomic mass is 32.2. The molecule has 4 rings (SSSR count). The van der Waals surface area contributed by atoms with E-state index in [1.165, 1.54) is 22.7 Å². The number of benzene rings is 1. The molecule has 0 saturated carbocycles. The highest BCUT2D eigenvalue weighted by Gasteiger charge is 2.26. The number of thioether (sulfide) groups is 1. The molecule has 0 bridgehead atoms. The zero-order valence-electron chi connectivity index (χ0n) is 25.1. The smallest absolute Gasteiger partial charge is 0.416 e. The quantitative estimate of drug-likeness (QED) is 0.210. The van der Waals surface area contributed by atoms with E-state index in [0.717, 1.165) is 42.3 Å². The van der Waals surface area contributed by atoms with Crippen LogP contribution in [0.5, 0.6) is 0 Å². The molecule has 1 aliphatic rings. The Labute approximate surface area is 256 Å². The third kappa shape index (κ3) is 9.72. The number of carbonyl (C=O) groups is 2. The third-order valence-corrected chi connectivity index (χ3v) is 7.04. The lowest BCUT2D eigenvalue weighted by Gasteiger charge is -2.31. The fraction of sp³-hybridized carbons (Fsp3) is 0.433. The lowest BCUT2D eigenvalue weighted by atomic mass is 10.1. The second-order valence-corrected chi connectivity index (χ2v) is 11.7. The van der Waals surface area contributed by atoms with Crippen molar-refractivity contribution in [1.82, 2.24) is 20.2 Å². The Morgan fingerprint density at radius 3 is 2.70 bits per heavy atom. The Morgan fingerprint density at radius 2 is 2.00 bits per heavy atom. The first-order valence-corrected chi connectivity index (χ1v) is 15.1. The number of ether oxygens (including phenoxy) is 3. The zero-order chi connectivity index (χ0) is 30.8. The van der Waals surface area contributed by atoms with Gasteiger partial charge in [-0.3, -0.25) is 15.3 Å². The summed E-state index contributed by atoms with van der Waals surface area (Å²) < 4.78 is 16.4. The number of hydrogen-bond donors (Lipinski definition) is 2. The maximum absolute atomic E-state index is 13.7. The van der Waals surface area contributed by atoms with Gasteiger partial charge in [0, 0.05) is 42.7 Å². The molecule has 0 atom stereocenters. The molecule has 13 heteroatoms. The van der Waals surface area contributed by atoms with Gasteiger partial charge in [-0.25, -0.2) is 19.6 Å². The van der Waals surface area contributed by atoms with Gasteiger partial charge in [0.2, 0.25) is 5.16 Å². The number of carbonyl (C=O) groups excluding carboxylic acids is 2. The van der Waals surface area contributed by atoms with E-state index < -0.39 is 17.8 Å². The summed E-state index contributed by atoms with van der Waals surface area (Å²) in [7, 11) is 0. The average molecular weight is 610 g/mol. The monoisotopic (exact) mass is 609 g/mol. The number of pyridine rings is 1. The number of amides is 2. The SMILES string of the molecule is C=CCOC(=O)Nc1cccc(CN(C(=O)OC(C)(C)C)c2cc(N3CCOCC3)cc(CSc3n[nH]c(CC)n3)n2)c1. The number of aryl methyl sites for hydroxylation is 1. The van der Waals surface area contributed by atoms with Gasteiger partial charge in [-0.05, 0) is 44.5 Å². The number of morpholine rings is 1. The summed E-state index contributed by atoms with van der Waals surface area (Å²) in [5, 5.41) is 10.6. The summed E-state index contributed by atoms with van der Waals surface area (Å²) in [6.07, 6.45) is 1.12. The van der Waals surface area contributed by atoms with Gasteiger partial charge in [0.05, 0.1) is 25.5 Å². The zero-order valence-corrected chi connectivity index (χ0v) is 25.9. The van der Waals surface area contributed by atoms with Gasteiger partial charge in [0.25, 0.3) is 0 Å². The molecule has 2 amide bonds. The molecule has 1 aliphatic heterocycles. The molecule has 230 valence electrons. The molecule has 0 unspecified atom stereocenters. The fourth-order valence-electron chi connectivity index (χ4n) is 4.19. The van der Waals surface area contributed by atoms with Gasteiger partial charge >= 0.3 is 12.2 Å². The lowest BCUT2D eigenvalue weighted by molar-refractivity contribution is 0.0576. The van der Waals surface area contributed by atoms with E-state index >= 15 is 0 Å². The average Bonchev–Trinajstić information content (AvgIpc) is 3.45. The maximum atomic E-state index is 13.7. The number of H-pyrrole nitrogens is 1. The summed E-state index contributed by atoms with van der Waals surface area (Å²) in [6.45, 7) is 14.0. The molecule has 0 aliphatic carbocycles. The van der Waals surface area contributed by atoms with Crippen molar-refractivity contribution in [3.63, 3.8) is 0 Å². The molecule has 2 N–H and O–H groups in total. The van der Waals surface area contributed by atoms with E-state index in [1.54, 1.807) is 18.2 Å². The maximum Gasteiger partial charge on any atom is 0.416 e. The van der Waals surface area contributed by atoms with Crippen LogP contribution in [-0.2, 0) is 32.9 Å². The summed E-state index contributed by atoms with van der Waals surface area (Å²) >= 11 is 1.47. The number of rotatable bonds is 11. The van der Waals surface area contributed by atoms with E-state index in [4.69, 9.17) is 19.2 Å². The van der Waals surface area contributed by atoms with Gasteiger partial charge in [0.1, 0.15) is 23.9 Å². The summed E-state index contributed by atoms with van der Waals surface area (Å²) in [5.41, 5.74) is 2.26. The third-order valence-electron chi connectivity index (χ3n) is 6.16. The van der Waals surface area contributed by atoms with Crippen LogP contribution in [0.4, 0.5) is 26.8 Å². The standard InChI is InChI=1S/C30H39N7O5S/c1-6-13-41-28(38)32-22-10-8-9-21(16-22)19-37(29(39)42-30(3,4)5)26-18-24(36-11-14-40-15-12-36)17-23(31-26)20-43-27-33-25(7-2)34-35-27/h6,8-10,16-18H,1,7,11-15,19-20H2,2-5H3,(H,32,38)(H,33,34,35). The van der Waals surface area contributed by atoms with Crippen molar-refractivity contribution in [2.75, 3.05) is 48.0 Å². The molecule has 0 radical (unpaired) electrons. The van der Waals surface area contributed by atoms with Crippen LogP contribution in [-0.4, -0.2) is 70.9 Å². The molecule has 1 saturated heterocycles. The normalized spacial score (nSPS) is 13.3. The van der Waals surface area contributed by atoms with Crippen LogP contribution in [0.25, 0.3) is 0 Å². The second-order valence-electron chi connectivity index (χ2n) is 10.8. The molecule has 1 aromatic carbocycles. The first kappa shape index (κ1) is 31.8. The van der Waals surface area contributed by atoms with Crippen molar-refractivity contribution in [3.8, 4) is 0 Å². The number of nitrogens with one attached hydrogen (secondary N) is 2. The van der Waals surface area contributed by atoms with Crippen LogP contribution in [0.2, 0.25) is 0 Å². The van der Waals surface area contributed by atoms with Crippen molar-refractivity contribution in [2.45, 2.75) is 57.2 Å². The van der Waals surface area contributed by atoms with E-state index in [1.807, 2.05) is 45.9 Å². The Kier molecular flexibility index (Phi) is 11.0. The molecule has 2 aromatic heterocycles. The largest absolute Gasteiger partial charge is 0.445 e. The molecule has 0 spiro atoms. The molecular formula is C30H39N7O5S. The van der Waals surface area contributed by atoms with Crippen molar-refractivity contribution in [3.05, 3.63) is 66.1 Å². The Hall–Kier alpha value is -4.10. The van der Waals surface area contributed by atoms with Crippen LogP contribution in [0.15, 0.2) is 54.2 Å². The minimum atomic E-state index is -0.725. The van der Waals surface area contributed by atoms with Gasteiger partial charge in [-0.2, -0.15) is 0 Å². The predicted molar refractivity (Wildman–Crippen MR) is 167 cm³/mol. The van der Waals surface area contributed by atoms with Crippen molar-refractivity contribution >= 4 is 41.1 Å². The van der Waals surface area contributed by atoms with Crippen LogP contribution in [0.1, 0.15) is 44.8 Å². The highest BCUT2D eigenvalue weighted by Crippen LogP contribution is 2.29. The van der Waals surface area contributed by atoms with E-state index in [0.29, 0.717) is 35.6 Å². The molecule has 12 nitrogen and oxygen atoms in total. The molecule has 1 fully saturated rings. The second kappa shape index (κ2) is 14.9. The first-order valence-electron chi connectivity index (χ1n) is 14.2. The van der Waals surface area contributed by atoms with Crippen molar-refractivity contribution in [2.24, 2.45) is 0 Å². The Balaban J connectivity index is 1.66. The van der Waals surface area contributed by atoms with Gasteiger partial charge in [-0.1, -0.05) is 43.5 Å². The Morgan fingerprint density at radius 1 is 1.21 bits per heavy atom. The highest BCUT2D eigenvalue weighted by molar-refractivity contribution is 7.98. The minimum Gasteiger partial charge on any atom is -0.445 e. The number of hydrogen-bond acceptors (Lipinski definition) is 10. The first-order chi connectivity index (χ1) is 20.6. The molecule has 3 heterocycles. The number of nitrogens with zero attached hydrogens (tertiary/aromatic N) is 5. The van der Waals surface area contributed by atoms with E-state index in [2.05, 4.69) is 32.0 Å². The Bertz CT molecular complexity index is 1400. The number of aromatic nitrogens is 4. The minimum absolute atomic E-state index is 0.0969. The molecule has 43 heavy (non-hydrogen) atoms. The predicted octanol–water partition coefficient (Wildman–Crippen LogP) is 5.57. The fourth-order valence-corrected chi connectivity index (χ4v) is 4.90. The molecule has 3 aromatic rings. The number of aromatic amines is 1. The van der Waals surface area contributed by atoms with E-state index in [9.17, 15) is 9.59 Å². The summed E-state index contributed by atoms with van der Waals surface area (Å²) in [5.74, 6) is 1.77. The summed E-state index contributed by atoms with van der Waals surface area (Å²) in [6, 6.07) is 11.1. The lowest BCUT2D eigenvalue weighted by Crippen LogP contribution is -2.38. The van der Waals surface area contributed by atoms with Crippen LogP contribution in [0.3, 0.4) is 0 Å².